The summed E-state index contributed by atoms with van der Waals surface area (Å²) in [5, 5.41) is 0. The lowest BCUT2D eigenvalue weighted by Gasteiger charge is -2.22. The Hall–Kier alpha value is 0.420. The van der Waals surface area contributed by atoms with E-state index in [4.69, 9.17) is 4.74 Å². The summed E-state index contributed by atoms with van der Waals surface area (Å²) in [5.41, 5.74) is 0. The molecule has 0 rings (SSSR count). The standard InChI is InChI=1S/C18H41N3O.2ClH/c1-6-19(7-2)13-11-12-14-21(10-5)16-18-22-17-15-20(8-3)9-4;;/h6-18H2,1-5H3;2*1H. The summed E-state index contributed by atoms with van der Waals surface area (Å²) in [6, 6.07) is 0. The van der Waals surface area contributed by atoms with E-state index in [0.717, 1.165) is 45.9 Å². The molecule has 0 bridgehead atoms. The first-order valence-corrected chi connectivity index (χ1v) is 9.46. The maximum Gasteiger partial charge on any atom is 0.0594 e. The van der Waals surface area contributed by atoms with Crippen molar-refractivity contribution in [2.45, 2.75) is 47.5 Å². The van der Waals surface area contributed by atoms with Crippen molar-refractivity contribution < 1.29 is 4.74 Å². The van der Waals surface area contributed by atoms with Crippen LogP contribution in [0.3, 0.4) is 0 Å². The number of ether oxygens (including phenoxy) is 1. The van der Waals surface area contributed by atoms with Gasteiger partial charge in [0.15, 0.2) is 0 Å². The van der Waals surface area contributed by atoms with Gasteiger partial charge in [0.05, 0.1) is 13.2 Å². The summed E-state index contributed by atoms with van der Waals surface area (Å²) in [5.74, 6) is 0. The average Bonchev–Trinajstić information content (AvgIpc) is 2.56. The predicted molar refractivity (Wildman–Crippen MR) is 112 cm³/mol. The second kappa shape index (κ2) is 21.5. The smallest absolute Gasteiger partial charge is 0.0594 e. The minimum Gasteiger partial charge on any atom is -0.379 e. The van der Waals surface area contributed by atoms with E-state index in [1.807, 2.05) is 0 Å². The number of halogens is 2. The van der Waals surface area contributed by atoms with Crippen molar-refractivity contribution in [1.29, 1.82) is 0 Å². The molecule has 0 radical (unpaired) electrons. The highest BCUT2D eigenvalue weighted by Gasteiger charge is 2.04. The first kappa shape index (κ1) is 29.2. The second-order valence-electron chi connectivity index (χ2n) is 5.81. The summed E-state index contributed by atoms with van der Waals surface area (Å²) in [6.45, 7) is 23.2. The van der Waals surface area contributed by atoms with Crippen LogP contribution < -0.4 is 0 Å². The van der Waals surface area contributed by atoms with Crippen molar-refractivity contribution in [3.63, 3.8) is 0 Å². The van der Waals surface area contributed by atoms with Crippen LogP contribution in [0.5, 0.6) is 0 Å². The Morgan fingerprint density at radius 1 is 0.500 bits per heavy atom. The van der Waals surface area contributed by atoms with Gasteiger partial charge in [-0.15, -0.1) is 24.8 Å². The number of hydrogen-bond acceptors (Lipinski definition) is 4. The van der Waals surface area contributed by atoms with Gasteiger partial charge in [-0.2, -0.15) is 0 Å². The van der Waals surface area contributed by atoms with Crippen molar-refractivity contribution in [2.24, 2.45) is 0 Å². The molecule has 0 heterocycles. The zero-order valence-electron chi connectivity index (χ0n) is 16.8. The van der Waals surface area contributed by atoms with Gasteiger partial charge in [0.25, 0.3) is 0 Å². The Bertz CT molecular complexity index is 228. The van der Waals surface area contributed by atoms with Crippen molar-refractivity contribution in [3.05, 3.63) is 0 Å². The van der Waals surface area contributed by atoms with Crippen LogP contribution in [-0.4, -0.2) is 86.8 Å². The summed E-state index contributed by atoms with van der Waals surface area (Å²) < 4.78 is 5.79. The highest BCUT2D eigenvalue weighted by atomic mass is 35.5. The number of hydrogen-bond donors (Lipinski definition) is 0. The minimum atomic E-state index is 0. The molecule has 0 saturated carbocycles. The first-order chi connectivity index (χ1) is 10.7. The average molecular weight is 388 g/mol. The van der Waals surface area contributed by atoms with Crippen molar-refractivity contribution in [3.8, 4) is 0 Å². The van der Waals surface area contributed by atoms with Crippen LogP contribution in [0.25, 0.3) is 0 Å². The van der Waals surface area contributed by atoms with Gasteiger partial charge in [-0.3, -0.25) is 0 Å². The molecule has 24 heavy (non-hydrogen) atoms. The zero-order chi connectivity index (χ0) is 16.6. The van der Waals surface area contributed by atoms with Crippen molar-refractivity contribution in [2.75, 3.05) is 72.1 Å². The van der Waals surface area contributed by atoms with Gasteiger partial charge in [0.2, 0.25) is 0 Å². The summed E-state index contributed by atoms with van der Waals surface area (Å²) in [4.78, 5) is 7.43. The molecular formula is C18H43Cl2N3O. The van der Waals surface area contributed by atoms with E-state index in [2.05, 4.69) is 49.3 Å². The number of rotatable bonds is 16. The van der Waals surface area contributed by atoms with Crippen LogP contribution in [0.1, 0.15) is 47.5 Å². The fraction of sp³-hybridized carbons (Fsp3) is 1.00. The molecule has 0 aromatic heterocycles. The van der Waals surface area contributed by atoms with Gasteiger partial charge in [-0.05, 0) is 58.7 Å². The van der Waals surface area contributed by atoms with Crippen LogP contribution in [0.2, 0.25) is 0 Å². The lowest BCUT2D eigenvalue weighted by Crippen LogP contribution is -2.31. The molecule has 0 saturated heterocycles. The monoisotopic (exact) mass is 387 g/mol. The van der Waals surface area contributed by atoms with Gasteiger partial charge in [-0.1, -0.05) is 34.6 Å². The maximum absolute atomic E-state index is 5.79. The van der Waals surface area contributed by atoms with E-state index in [1.54, 1.807) is 0 Å². The van der Waals surface area contributed by atoms with Gasteiger partial charge in [0.1, 0.15) is 0 Å². The molecule has 0 aliphatic rings. The van der Waals surface area contributed by atoms with E-state index in [-0.39, 0.29) is 24.8 Å². The Kier molecular flexibility index (Phi) is 26.1. The molecule has 0 unspecified atom stereocenters. The molecule has 0 aliphatic heterocycles. The van der Waals surface area contributed by atoms with Gasteiger partial charge >= 0.3 is 0 Å². The third-order valence-electron chi connectivity index (χ3n) is 4.54. The van der Waals surface area contributed by atoms with Crippen molar-refractivity contribution >= 4 is 24.8 Å². The zero-order valence-corrected chi connectivity index (χ0v) is 18.4. The number of unbranched alkanes of at least 4 members (excludes halogenated alkanes) is 1. The summed E-state index contributed by atoms with van der Waals surface area (Å²) in [7, 11) is 0. The molecular weight excluding hydrogens is 345 g/mol. The van der Waals surface area contributed by atoms with E-state index in [1.165, 1.54) is 39.0 Å². The van der Waals surface area contributed by atoms with Crippen LogP contribution in [-0.2, 0) is 4.74 Å². The third kappa shape index (κ3) is 15.9. The highest BCUT2D eigenvalue weighted by molar-refractivity contribution is 5.85. The van der Waals surface area contributed by atoms with Crippen LogP contribution in [0.4, 0.5) is 0 Å². The van der Waals surface area contributed by atoms with Crippen molar-refractivity contribution in [1.82, 2.24) is 14.7 Å². The predicted octanol–water partition coefficient (Wildman–Crippen LogP) is 3.63. The Morgan fingerprint density at radius 3 is 1.25 bits per heavy atom. The Labute approximate surface area is 164 Å². The Balaban J connectivity index is -0.00000220. The van der Waals surface area contributed by atoms with Gasteiger partial charge in [0, 0.05) is 13.1 Å². The molecule has 0 fully saturated rings. The molecule has 0 amide bonds. The van der Waals surface area contributed by atoms with Crippen LogP contribution >= 0.6 is 24.8 Å². The summed E-state index contributed by atoms with van der Waals surface area (Å²) >= 11 is 0. The van der Waals surface area contributed by atoms with E-state index < -0.39 is 0 Å². The SMILES string of the molecule is CCN(CC)CCCCN(CC)CCOCCN(CC)CC.Cl.Cl. The van der Waals surface area contributed by atoms with Crippen LogP contribution in [0, 0.1) is 0 Å². The normalized spacial score (nSPS) is 11.0. The largest absolute Gasteiger partial charge is 0.379 e. The van der Waals surface area contributed by atoms with E-state index >= 15 is 0 Å². The molecule has 150 valence electrons. The van der Waals surface area contributed by atoms with Gasteiger partial charge < -0.3 is 19.4 Å². The fourth-order valence-corrected chi connectivity index (χ4v) is 2.67. The first-order valence-electron chi connectivity index (χ1n) is 9.46. The minimum absolute atomic E-state index is 0. The molecule has 0 aromatic rings. The molecule has 0 N–H and O–H groups in total. The lowest BCUT2D eigenvalue weighted by atomic mass is 10.2. The molecule has 6 heteroatoms. The maximum atomic E-state index is 5.79. The summed E-state index contributed by atoms with van der Waals surface area (Å²) in [6.07, 6.45) is 2.60. The number of likely N-dealkylation sites (N-methyl/N-ethyl adjacent to an activating group) is 2. The lowest BCUT2D eigenvalue weighted by molar-refractivity contribution is 0.0857. The molecule has 0 atom stereocenters. The molecule has 0 spiro atoms. The molecule has 0 aromatic carbocycles. The molecule has 0 aliphatic carbocycles. The highest BCUT2D eigenvalue weighted by Crippen LogP contribution is 1.99. The number of nitrogens with zero attached hydrogens (tertiary/aromatic N) is 3. The fourth-order valence-electron chi connectivity index (χ4n) is 2.67. The topological polar surface area (TPSA) is 19.0 Å². The van der Waals surface area contributed by atoms with Crippen LogP contribution in [0.15, 0.2) is 0 Å². The quantitative estimate of drug-likeness (QED) is 0.376. The van der Waals surface area contributed by atoms with Gasteiger partial charge in [-0.25, -0.2) is 0 Å². The molecule has 4 nitrogen and oxygen atoms in total. The van der Waals surface area contributed by atoms with E-state index in [9.17, 15) is 0 Å². The second-order valence-corrected chi connectivity index (χ2v) is 5.81. The Morgan fingerprint density at radius 2 is 0.833 bits per heavy atom. The van der Waals surface area contributed by atoms with E-state index in [0.29, 0.717) is 0 Å². The third-order valence-corrected chi connectivity index (χ3v) is 4.54.